The second kappa shape index (κ2) is 7.19. The van der Waals surface area contributed by atoms with Gasteiger partial charge in [-0.3, -0.25) is 0 Å². The third kappa shape index (κ3) is 4.14. The molecule has 2 aromatic carbocycles. The number of carbonyl (C=O) groups is 1. The van der Waals surface area contributed by atoms with Crippen molar-refractivity contribution in [2.75, 3.05) is 19.5 Å². The molecule has 5 heteroatoms. The lowest BCUT2D eigenvalue weighted by Gasteiger charge is -2.12. The summed E-state index contributed by atoms with van der Waals surface area (Å²) < 4.78 is 10.4. The topological polar surface area (TPSA) is 59.6 Å². The molecule has 0 saturated heterocycles. The molecule has 2 rings (SSSR count). The van der Waals surface area contributed by atoms with Crippen LogP contribution in [0.2, 0.25) is 0 Å². The van der Waals surface area contributed by atoms with Crippen molar-refractivity contribution in [2.45, 2.75) is 6.54 Å². The van der Waals surface area contributed by atoms with Crippen LogP contribution in [-0.4, -0.2) is 20.3 Å². The van der Waals surface area contributed by atoms with Crippen LogP contribution in [0.3, 0.4) is 0 Å². The van der Waals surface area contributed by atoms with Crippen molar-refractivity contribution < 1.29 is 14.3 Å². The number of urea groups is 1. The Hall–Kier alpha value is -2.69. The third-order valence-corrected chi connectivity index (χ3v) is 2.96. The zero-order valence-electron chi connectivity index (χ0n) is 12.1. The van der Waals surface area contributed by atoms with E-state index in [1.54, 1.807) is 14.2 Å². The van der Waals surface area contributed by atoms with Crippen molar-refractivity contribution >= 4 is 11.7 Å². The number of amides is 2. The van der Waals surface area contributed by atoms with E-state index in [0.29, 0.717) is 12.3 Å². The van der Waals surface area contributed by atoms with Gasteiger partial charge in [-0.1, -0.05) is 18.2 Å². The Labute approximate surface area is 123 Å². The van der Waals surface area contributed by atoms with Crippen molar-refractivity contribution in [3.8, 4) is 11.5 Å². The van der Waals surface area contributed by atoms with E-state index in [4.69, 9.17) is 9.47 Å². The van der Waals surface area contributed by atoms with Gasteiger partial charge in [-0.2, -0.15) is 0 Å². The van der Waals surface area contributed by atoms with Crippen LogP contribution in [0, 0.1) is 0 Å². The average Bonchev–Trinajstić information content (AvgIpc) is 2.53. The van der Waals surface area contributed by atoms with E-state index >= 15 is 0 Å². The first-order chi connectivity index (χ1) is 10.2. The van der Waals surface area contributed by atoms with Gasteiger partial charge >= 0.3 is 6.03 Å². The number of methoxy groups -OCH3 is 2. The molecule has 0 bridgehead atoms. The molecular formula is C16H18N2O3. The number of anilines is 1. The minimum absolute atomic E-state index is 0.272. The van der Waals surface area contributed by atoms with Crippen LogP contribution < -0.4 is 20.1 Å². The molecule has 0 unspecified atom stereocenters. The number of hydrogen-bond donors (Lipinski definition) is 2. The minimum atomic E-state index is -0.272. The quantitative estimate of drug-likeness (QED) is 0.888. The zero-order valence-corrected chi connectivity index (χ0v) is 12.1. The van der Waals surface area contributed by atoms with Crippen molar-refractivity contribution in [1.82, 2.24) is 5.32 Å². The minimum Gasteiger partial charge on any atom is -0.497 e. The fraction of sp³-hybridized carbons (Fsp3) is 0.188. The second-order valence-corrected chi connectivity index (χ2v) is 4.35. The molecule has 0 radical (unpaired) electrons. The van der Waals surface area contributed by atoms with E-state index in [1.165, 1.54) is 0 Å². The van der Waals surface area contributed by atoms with Gasteiger partial charge in [0.05, 0.1) is 14.2 Å². The van der Waals surface area contributed by atoms with E-state index in [9.17, 15) is 4.79 Å². The van der Waals surface area contributed by atoms with E-state index < -0.39 is 0 Å². The molecule has 0 heterocycles. The molecule has 2 N–H and O–H groups in total. The summed E-state index contributed by atoms with van der Waals surface area (Å²) in [6.45, 7) is 0.346. The number of para-hydroxylation sites is 1. The molecule has 0 aliphatic heterocycles. The molecule has 0 spiro atoms. The predicted molar refractivity (Wildman–Crippen MR) is 81.8 cm³/mol. The molecule has 21 heavy (non-hydrogen) atoms. The highest BCUT2D eigenvalue weighted by molar-refractivity contribution is 5.89. The van der Waals surface area contributed by atoms with Crippen molar-refractivity contribution in [3.05, 3.63) is 54.1 Å². The van der Waals surface area contributed by atoms with Crippen molar-refractivity contribution in [1.29, 1.82) is 0 Å². The van der Waals surface area contributed by atoms with Gasteiger partial charge in [0.2, 0.25) is 0 Å². The molecule has 2 aromatic rings. The summed E-state index contributed by atoms with van der Waals surface area (Å²) in [7, 11) is 3.19. The molecule has 0 aliphatic rings. The Morgan fingerprint density at radius 3 is 2.48 bits per heavy atom. The highest BCUT2D eigenvalue weighted by atomic mass is 16.5. The third-order valence-electron chi connectivity index (χ3n) is 2.96. The largest absolute Gasteiger partial charge is 0.497 e. The molecule has 110 valence electrons. The van der Waals surface area contributed by atoms with E-state index in [1.807, 2.05) is 48.5 Å². The summed E-state index contributed by atoms with van der Waals surface area (Å²) in [5.41, 5.74) is 1.59. The monoisotopic (exact) mass is 286 g/mol. The Bertz CT molecular complexity index is 600. The first kappa shape index (κ1) is 14.7. The fourth-order valence-electron chi connectivity index (χ4n) is 1.89. The van der Waals surface area contributed by atoms with Crippen LogP contribution in [-0.2, 0) is 6.54 Å². The maximum atomic E-state index is 11.8. The number of carbonyl (C=O) groups excluding carboxylic acids is 1. The first-order valence-corrected chi connectivity index (χ1v) is 6.53. The zero-order chi connectivity index (χ0) is 15.1. The lowest BCUT2D eigenvalue weighted by atomic mass is 10.2. The van der Waals surface area contributed by atoms with Gasteiger partial charge < -0.3 is 20.1 Å². The second-order valence-electron chi connectivity index (χ2n) is 4.35. The Morgan fingerprint density at radius 1 is 1.05 bits per heavy atom. The molecule has 5 nitrogen and oxygen atoms in total. The lowest BCUT2D eigenvalue weighted by Crippen LogP contribution is -2.28. The SMILES string of the molecule is COc1ccc(OC)c(CNC(=O)Nc2ccccc2)c1. The van der Waals surface area contributed by atoms with Crippen LogP contribution in [0.1, 0.15) is 5.56 Å². The summed E-state index contributed by atoms with van der Waals surface area (Å²) in [6, 6.07) is 14.5. The van der Waals surface area contributed by atoms with Gasteiger partial charge in [-0.15, -0.1) is 0 Å². The molecule has 0 aliphatic carbocycles. The molecule has 0 saturated carbocycles. The van der Waals surface area contributed by atoms with Crippen LogP contribution in [0.25, 0.3) is 0 Å². The number of ether oxygens (including phenoxy) is 2. The van der Waals surface area contributed by atoms with Crippen molar-refractivity contribution in [3.63, 3.8) is 0 Å². The normalized spacial score (nSPS) is 9.81. The maximum absolute atomic E-state index is 11.8. The first-order valence-electron chi connectivity index (χ1n) is 6.53. The number of benzene rings is 2. The van der Waals surface area contributed by atoms with E-state index in [-0.39, 0.29) is 6.03 Å². The van der Waals surface area contributed by atoms with Gasteiger partial charge in [0, 0.05) is 17.8 Å². The smallest absolute Gasteiger partial charge is 0.319 e. The van der Waals surface area contributed by atoms with Gasteiger partial charge in [0.1, 0.15) is 11.5 Å². The molecule has 0 fully saturated rings. The average molecular weight is 286 g/mol. The standard InChI is InChI=1S/C16H18N2O3/c1-20-14-8-9-15(21-2)12(10-14)11-17-16(19)18-13-6-4-3-5-7-13/h3-10H,11H2,1-2H3,(H2,17,18,19). The molecular weight excluding hydrogens is 268 g/mol. The van der Waals surface area contributed by atoms with Gasteiger partial charge in [0.15, 0.2) is 0 Å². The number of hydrogen-bond acceptors (Lipinski definition) is 3. The van der Waals surface area contributed by atoms with Gasteiger partial charge in [0.25, 0.3) is 0 Å². The summed E-state index contributed by atoms with van der Waals surface area (Å²) in [5.74, 6) is 1.42. The van der Waals surface area contributed by atoms with Crippen LogP contribution in [0.15, 0.2) is 48.5 Å². The Balaban J connectivity index is 1.97. The van der Waals surface area contributed by atoms with Crippen LogP contribution in [0.4, 0.5) is 10.5 Å². The molecule has 2 amide bonds. The number of nitrogens with one attached hydrogen (secondary N) is 2. The van der Waals surface area contributed by atoms with Gasteiger partial charge in [-0.25, -0.2) is 4.79 Å². The maximum Gasteiger partial charge on any atom is 0.319 e. The summed E-state index contributed by atoms with van der Waals surface area (Å²) in [5, 5.41) is 5.54. The van der Waals surface area contributed by atoms with E-state index in [2.05, 4.69) is 10.6 Å². The number of rotatable bonds is 5. The summed E-state index contributed by atoms with van der Waals surface area (Å²) in [6.07, 6.45) is 0. The lowest BCUT2D eigenvalue weighted by molar-refractivity contribution is 0.251. The van der Waals surface area contributed by atoms with Gasteiger partial charge in [-0.05, 0) is 30.3 Å². The highest BCUT2D eigenvalue weighted by Gasteiger charge is 2.07. The molecule has 0 aromatic heterocycles. The van der Waals surface area contributed by atoms with Crippen LogP contribution in [0.5, 0.6) is 11.5 Å². The summed E-state index contributed by atoms with van der Waals surface area (Å²) in [4.78, 5) is 11.8. The molecule has 0 atom stereocenters. The van der Waals surface area contributed by atoms with E-state index in [0.717, 1.165) is 17.0 Å². The summed E-state index contributed by atoms with van der Waals surface area (Å²) >= 11 is 0. The van der Waals surface area contributed by atoms with Crippen LogP contribution >= 0.6 is 0 Å². The Morgan fingerprint density at radius 2 is 1.81 bits per heavy atom. The predicted octanol–water partition coefficient (Wildman–Crippen LogP) is 3.03. The fourth-order valence-corrected chi connectivity index (χ4v) is 1.89. The highest BCUT2D eigenvalue weighted by Crippen LogP contribution is 2.23. The van der Waals surface area contributed by atoms with Crippen molar-refractivity contribution in [2.24, 2.45) is 0 Å². The Kier molecular flexibility index (Phi) is 5.04.